The van der Waals surface area contributed by atoms with E-state index in [0.717, 1.165) is 18.4 Å². The van der Waals surface area contributed by atoms with Crippen LogP contribution in [0.25, 0.3) is 0 Å². The van der Waals surface area contributed by atoms with Gasteiger partial charge in [-0.2, -0.15) is 0 Å². The van der Waals surface area contributed by atoms with Gasteiger partial charge in [0.25, 0.3) is 0 Å². The van der Waals surface area contributed by atoms with Crippen LogP contribution in [-0.4, -0.2) is 24.7 Å². The first kappa shape index (κ1) is 12.2. The Hall–Kier alpha value is -0.860. The molecular weight excluding hydrogens is 196 g/mol. The molecule has 0 aromatic heterocycles. The fourth-order valence-electron chi connectivity index (χ4n) is 2.00. The summed E-state index contributed by atoms with van der Waals surface area (Å²) in [7, 11) is 1.76. The summed E-state index contributed by atoms with van der Waals surface area (Å²) in [4.78, 5) is 1.71. The van der Waals surface area contributed by atoms with Crippen molar-refractivity contribution < 1.29 is 8.78 Å². The topological polar surface area (TPSA) is 3.24 Å². The van der Waals surface area contributed by atoms with E-state index in [1.165, 1.54) is 0 Å². The van der Waals surface area contributed by atoms with Gasteiger partial charge >= 0.3 is 0 Å². The Kier molecular flexibility index (Phi) is 3.89. The van der Waals surface area contributed by atoms with Crippen LogP contribution in [0.5, 0.6) is 0 Å². The third-order valence-corrected chi connectivity index (χ3v) is 3.30. The fraction of sp³-hybridized carbons (Fsp3) is 0.667. The van der Waals surface area contributed by atoms with Crippen molar-refractivity contribution >= 4 is 0 Å². The Morgan fingerprint density at radius 3 is 2.53 bits per heavy atom. The van der Waals surface area contributed by atoms with Crippen LogP contribution in [0.3, 0.4) is 0 Å². The second kappa shape index (κ2) is 4.77. The highest BCUT2D eigenvalue weighted by Gasteiger charge is 2.24. The molecule has 1 aliphatic heterocycles. The van der Waals surface area contributed by atoms with Crippen LogP contribution >= 0.6 is 0 Å². The van der Waals surface area contributed by atoms with Crippen LogP contribution in [0.4, 0.5) is 8.78 Å². The van der Waals surface area contributed by atoms with Crippen LogP contribution in [0.1, 0.15) is 33.6 Å². The zero-order chi connectivity index (χ0) is 11.6. The van der Waals surface area contributed by atoms with E-state index in [2.05, 4.69) is 0 Å². The van der Waals surface area contributed by atoms with E-state index in [0.29, 0.717) is 5.57 Å². The van der Waals surface area contributed by atoms with Crippen molar-refractivity contribution in [1.29, 1.82) is 0 Å². The molecule has 0 aromatic carbocycles. The first-order valence-corrected chi connectivity index (χ1v) is 5.39. The van der Waals surface area contributed by atoms with Crippen molar-refractivity contribution in [2.24, 2.45) is 0 Å². The quantitative estimate of drug-likeness (QED) is 0.680. The molecule has 0 saturated heterocycles. The summed E-state index contributed by atoms with van der Waals surface area (Å²) in [6.07, 6.45) is 1.65. The monoisotopic (exact) mass is 215 g/mol. The normalized spacial score (nSPS) is 23.6. The van der Waals surface area contributed by atoms with E-state index >= 15 is 0 Å². The predicted molar refractivity (Wildman–Crippen MR) is 58.9 cm³/mol. The smallest absolute Gasteiger partial charge is 0.147 e. The number of nitrogens with zero attached hydrogens (tertiary/aromatic N) is 1. The molecule has 86 valence electrons. The van der Waals surface area contributed by atoms with E-state index in [1.807, 2.05) is 13.8 Å². The lowest BCUT2D eigenvalue weighted by atomic mass is 10.0. The predicted octanol–water partition coefficient (Wildman–Crippen LogP) is 3.59. The number of alkyl halides is 1. The maximum Gasteiger partial charge on any atom is 0.147 e. The number of halogens is 2. The zero-order valence-corrected chi connectivity index (χ0v) is 9.90. The second-order valence-electron chi connectivity index (χ2n) is 4.14. The van der Waals surface area contributed by atoms with Crippen LogP contribution in [0.2, 0.25) is 0 Å². The van der Waals surface area contributed by atoms with E-state index in [9.17, 15) is 8.78 Å². The Bertz CT molecular complexity index is 305. The first-order valence-electron chi connectivity index (χ1n) is 5.39. The van der Waals surface area contributed by atoms with Crippen LogP contribution in [0, 0.1) is 0 Å². The molecule has 1 heterocycles. The Labute approximate surface area is 90.5 Å². The summed E-state index contributed by atoms with van der Waals surface area (Å²) >= 11 is 0. The minimum absolute atomic E-state index is 0.161. The molecule has 0 aliphatic carbocycles. The lowest BCUT2D eigenvalue weighted by Crippen LogP contribution is -2.29. The van der Waals surface area contributed by atoms with Crippen molar-refractivity contribution in [3.05, 3.63) is 22.7 Å². The minimum Gasteiger partial charge on any atom is -0.370 e. The van der Waals surface area contributed by atoms with Gasteiger partial charge in [-0.25, -0.2) is 8.78 Å². The number of hydrogen-bond donors (Lipinski definition) is 0. The van der Waals surface area contributed by atoms with E-state index in [1.54, 1.807) is 18.9 Å². The molecule has 1 nitrogen and oxygen atoms in total. The van der Waals surface area contributed by atoms with Crippen molar-refractivity contribution in [3.8, 4) is 0 Å². The lowest BCUT2D eigenvalue weighted by Gasteiger charge is -2.26. The molecule has 0 saturated carbocycles. The summed E-state index contributed by atoms with van der Waals surface area (Å²) < 4.78 is 26.7. The molecule has 1 atom stereocenters. The molecule has 0 aromatic rings. The molecule has 0 bridgehead atoms. The third-order valence-electron chi connectivity index (χ3n) is 3.30. The van der Waals surface area contributed by atoms with Crippen LogP contribution in [0.15, 0.2) is 22.7 Å². The van der Waals surface area contributed by atoms with Gasteiger partial charge < -0.3 is 4.90 Å². The van der Waals surface area contributed by atoms with Gasteiger partial charge in [0.15, 0.2) is 0 Å². The largest absolute Gasteiger partial charge is 0.370 e. The van der Waals surface area contributed by atoms with Crippen LogP contribution < -0.4 is 0 Å². The average molecular weight is 215 g/mol. The van der Waals surface area contributed by atoms with Gasteiger partial charge in [0, 0.05) is 13.1 Å². The SMILES string of the molecule is CCC1=C(C)C(F)=C(CF)N(C)C(C)C1. The van der Waals surface area contributed by atoms with Crippen LogP contribution in [-0.2, 0) is 0 Å². The van der Waals surface area contributed by atoms with Gasteiger partial charge in [0.1, 0.15) is 12.5 Å². The summed E-state index contributed by atoms with van der Waals surface area (Å²) in [6, 6.07) is 0.161. The van der Waals surface area contributed by atoms with E-state index in [4.69, 9.17) is 0 Å². The summed E-state index contributed by atoms with van der Waals surface area (Å²) in [5.74, 6) is -0.374. The molecule has 15 heavy (non-hydrogen) atoms. The summed E-state index contributed by atoms with van der Waals surface area (Å²) in [6.45, 7) is 5.02. The second-order valence-corrected chi connectivity index (χ2v) is 4.14. The Morgan fingerprint density at radius 1 is 1.47 bits per heavy atom. The zero-order valence-electron chi connectivity index (χ0n) is 9.90. The average Bonchev–Trinajstić information content (AvgIpc) is 2.30. The Balaban J connectivity index is 3.21. The molecule has 3 heteroatoms. The third kappa shape index (κ3) is 2.21. The molecule has 0 fully saturated rings. The number of allylic oxidation sites excluding steroid dienone is 3. The van der Waals surface area contributed by atoms with Crippen molar-refractivity contribution in [3.63, 3.8) is 0 Å². The van der Waals surface area contributed by atoms with Gasteiger partial charge in [-0.1, -0.05) is 12.5 Å². The maximum atomic E-state index is 13.9. The van der Waals surface area contributed by atoms with Gasteiger partial charge in [-0.3, -0.25) is 0 Å². The van der Waals surface area contributed by atoms with Gasteiger partial charge in [0.2, 0.25) is 0 Å². The summed E-state index contributed by atoms with van der Waals surface area (Å²) in [5.41, 5.74) is 1.90. The minimum atomic E-state index is -0.735. The molecular formula is C12H19F2N. The molecule has 0 N–H and O–H groups in total. The highest BCUT2D eigenvalue weighted by molar-refractivity contribution is 5.35. The Morgan fingerprint density at radius 2 is 2.07 bits per heavy atom. The lowest BCUT2D eigenvalue weighted by molar-refractivity contribution is 0.286. The maximum absolute atomic E-state index is 13.9. The highest BCUT2D eigenvalue weighted by atomic mass is 19.1. The molecule has 0 radical (unpaired) electrons. The van der Waals surface area contributed by atoms with Gasteiger partial charge in [-0.15, -0.1) is 0 Å². The number of rotatable bonds is 2. The van der Waals surface area contributed by atoms with Gasteiger partial charge in [-0.05, 0) is 32.3 Å². The molecule has 0 amide bonds. The van der Waals surface area contributed by atoms with Gasteiger partial charge in [0.05, 0.1) is 5.70 Å². The highest BCUT2D eigenvalue weighted by Crippen LogP contribution is 2.31. The molecule has 0 spiro atoms. The molecule has 1 rings (SSSR count). The first-order chi connectivity index (χ1) is 7.02. The van der Waals surface area contributed by atoms with E-state index in [-0.39, 0.29) is 17.6 Å². The molecule has 1 aliphatic rings. The van der Waals surface area contributed by atoms with Crippen molar-refractivity contribution in [2.45, 2.75) is 39.7 Å². The molecule has 1 unspecified atom stereocenters. The number of hydrogen-bond acceptors (Lipinski definition) is 1. The fourth-order valence-corrected chi connectivity index (χ4v) is 2.00. The van der Waals surface area contributed by atoms with Crippen molar-refractivity contribution in [2.75, 3.05) is 13.7 Å². The summed E-state index contributed by atoms with van der Waals surface area (Å²) in [5, 5.41) is 0. The van der Waals surface area contributed by atoms with Crippen molar-refractivity contribution in [1.82, 2.24) is 4.90 Å². The van der Waals surface area contributed by atoms with E-state index < -0.39 is 6.67 Å². The standard InChI is InChI=1S/C12H19F2N/c1-5-10-6-8(2)15(4)11(7-13)12(14)9(10)3/h8H,5-7H2,1-4H3.